The second kappa shape index (κ2) is 2.31. The number of hydrogen-bond acceptors (Lipinski definition) is 2. The van der Waals surface area contributed by atoms with Gasteiger partial charge in [-0.1, -0.05) is 6.07 Å². The molecule has 0 radical (unpaired) electrons. The van der Waals surface area contributed by atoms with Crippen LogP contribution in [0.25, 0.3) is 0 Å². The number of aryl methyl sites for hydroxylation is 1. The average molecular weight is 148 g/mol. The van der Waals surface area contributed by atoms with Crippen molar-refractivity contribution in [3.63, 3.8) is 0 Å². The summed E-state index contributed by atoms with van der Waals surface area (Å²) in [6.45, 7) is 2.09. The molecule has 0 bridgehead atoms. The predicted molar refractivity (Wildman–Crippen MR) is 44.3 cm³/mol. The van der Waals surface area contributed by atoms with Crippen molar-refractivity contribution >= 4 is 0 Å². The molecule has 1 saturated carbocycles. The highest BCUT2D eigenvalue weighted by molar-refractivity contribution is 5.28. The smallest absolute Gasteiger partial charge is 0.0479 e. The van der Waals surface area contributed by atoms with E-state index in [1.54, 1.807) is 0 Å². The fourth-order valence-electron chi connectivity index (χ4n) is 1.42. The first-order valence-corrected chi connectivity index (χ1v) is 3.96. The van der Waals surface area contributed by atoms with Crippen molar-refractivity contribution in [1.29, 1.82) is 0 Å². The topological polar surface area (TPSA) is 38.9 Å². The summed E-state index contributed by atoms with van der Waals surface area (Å²) in [6.07, 6.45) is 2.95. The average Bonchev–Trinajstić information content (AvgIpc) is 2.68. The van der Waals surface area contributed by atoms with Gasteiger partial charge in [-0.25, -0.2) is 0 Å². The maximum absolute atomic E-state index is 5.73. The zero-order valence-corrected chi connectivity index (χ0v) is 6.62. The van der Waals surface area contributed by atoms with Gasteiger partial charge in [0.25, 0.3) is 0 Å². The van der Waals surface area contributed by atoms with Crippen molar-refractivity contribution in [2.45, 2.75) is 25.3 Å². The first kappa shape index (κ1) is 6.80. The highest BCUT2D eigenvalue weighted by atomic mass is 14.8. The predicted octanol–water partition coefficient (Wildman–Crippen LogP) is 1.20. The highest BCUT2D eigenvalue weighted by Crippen LogP contribution is 2.38. The van der Waals surface area contributed by atoms with Crippen LogP contribution in [0.4, 0.5) is 0 Å². The van der Waals surface area contributed by atoms with E-state index < -0.39 is 0 Å². The van der Waals surface area contributed by atoms with Crippen LogP contribution in [-0.4, -0.2) is 11.0 Å². The van der Waals surface area contributed by atoms with Crippen LogP contribution in [0.2, 0.25) is 0 Å². The first-order chi connectivity index (χ1) is 5.29. The van der Waals surface area contributed by atoms with E-state index in [2.05, 4.69) is 18.0 Å². The third kappa shape index (κ3) is 1.14. The van der Waals surface area contributed by atoms with Gasteiger partial charge in [-0.3, -0.25) is 4.98 Å². The molecule has 1 aromatic heterocycles. The minimum Gasteiger partial charge on any atom is -0.327 e. The number of rotatable bonds is 1. The molecule has 1 aromatic rings. The summed E-state index contributed by atoms with van der Waals surface area (Å²) in [7, 11) is 0. The molecule has 1 heterocycles. The molecule has 1 fully saturated rings. The van der Waals surface area contributed by atoms with Gasteiger partial charge in [-0.2, -0.15) is 0 Å². The fourth-order valence-corrected chi connectivity index (χ4v) is 1.42. The summed E-state index contributed by atoms with van der Waals surface area (Å²) in [5.74, 6) is 0.538. The molecular formula is C9H12N2. The monoisotopic (exact) mass is 148 g/mol. The Labute approximate surface area is 66.4 Å². The van der Waals surface area contributed by atoms with E-state index in [1.165, 1.54) is 11.3 Å². The maximum atomic E-state index is 5.73. The van der Waals surface area contributed by atoms with Gasteiger partial charge < -0.3 is 5.73 Å². The van der Waals surface area contributed by atoms with E-state index in [9.17, 15) is 0 Å². The molecule has 1 aliphatic carbocycles. The van der Waals surface area contributed by atoms with Crippen LogP contribution in [-0.2, 0) is 0 Å². The zero-order chi connectivity index (χ0) is 7.84. The van der Waals surface area contributed by atoms with E-state index in [0.29, 0.717) is 12.0 Å². The number of nitrogens with zero attached hydrogens (tertiary/aromatic N) is 1. The lowest BCUT2D eigenvalue weighted by Crippen LogP contribution is -2.03. The van der Waals surface area contributed by atoms with Crippen LogP contribution in [0.1, 0.15) is 23.6 Å². The van der Waals surface area contributed by atoms with Gasteiger partial charge in [0, 0.05) is 23.9 Å². The molecule has 2 N–H and O–H groups in total. The second-order valence-corrected chi connectivity index (χ2v) is 3.21. The van der Waals surface area contributed by atoms with E-state index in [0.717, 1.165) is 6.42 Å². The number of aromatic nitrogens is 1. The molecule has 0 spiro atoms. The third-order valence-corrected chi connectivity index (χ3v) is 2.24. The zero-order valence-electron chi connectivity index (χ0n) is 6.62. The van der Waals surface area contributed by atoms with E-state index >= 15 is 0 Å². The van der Waals surface area contributed by atoms with Crippen molar-refractivity contribution in [3.05, 3.63) is 29.6 Å². The molecule has 11 heavy (non-hydrogen) atoms. The van der Waals surface area contributed by atoms with Gasteiger partial charge in [-0.05, 0) is 25.0 Å². The van der Waals surface area contributed by atoms with Gasteiger partial charge in [-0.15, -0.1) is 0 Å². The standard InChI is InChI=1S/C9H12N2/c1-6-3-2-4-11-9(6)7-5-8(7)10/h2-4,7-8H,5,10H2,1H3/t7-,8-/m1/s1. The summed E-state index contributed by atoms with van der Waals surface area (Å²) in [4.78, 5) is 4.31. The Morgan fingerprint density at radius 3 is 2.91 bits per heavy atom. The summed E-state index contributed by atoms with van der Waals surface area (Å²) < 4.78 is 0. The van der Waals surface area contributed by atoms with Crippen molar-refractivity contribution in [2.24, 2.45) is 5.73 Å². The lowest BCUT2D eigenvalue weighted by atomic mass is 10.1. The largest absolute Gasteiger partial charge is 0.327 e. The number of hydrogen-bond donors (Lipinski definition) is 1. The van der Waals surface area contributed by atoms with Crippen LogP contribution >= 0.6 is 0 Å². The highest BCUT2D eigenvalue weighted by Gasteiger charge is 2.36. The van der Waals surface area contributed by atoms with Gasteiger partial charge in [0.05, 0.1) is 0 Å². The van der Waals surface area contributed by atoms with Crippen LogP contribution in [0.5, 0.6) is 0 Å². The van der Waals surface area contributed by atoms with Crippen molar-refractivity contribution in [2.75, 3.05) is 0 Å². The van der Waals surface area contributed by atoms with E-state index in [1.807, 2.05) is 12.3 Å². The van der Waals surface area contributed by atoms with Crippen LogP contribution in [0.3, 0.4) is 0 Å². The SMILES string of the molecule is Cc1cccnc1[C@@H]1C[C@H]1N. The summed E-state index contributed by atoms with van der Waals surface area (Å²) in [6, 6.07) is 4.42. The molecule has 0 aromatic carbocycles. The molecule has 0 aliphatic heterocycles. The second-order valence-electron chi connectivity index (χ2n) is 3.21. The summed E-state index contributed by atoms with van der Waals surface area (Å²) in [5, 5.41) is 0. The van der Waals surface area contributed by atoms with E-state index in [-0.39, 0.29) is 0 Å². The Bertz CT molecular complexity index is 270. The first-order valence-electron chi connectivity index (χ1n) is 3.96. The molecular weight excluding hydrogens is 136 g/mol. The van der Waals surface area contributed by atoms with Crippen LogP contribution in [0, 0.1) is 6.92 Å². The molecule has 2 atom stereocenters. The molecule has 2 nitrogen and oxygen atoms in total. The molecule has 2 heteroatoms. The van der Waals surface area contributed by atoms with Crippen LogP contribution in [0.15, 0.2) is 18.3 Å². The van der Waals surface area contributed by atoms with Gasteiger partial charge in [0.1, 0.15) is 0 Å². The molecule has 0 amide bonds. The molecule has 58 valence electrons. The van der Waals surface area contributed by atoms with Gasteiger partial charge in [0.15, 0.2) is 0 Å². The maximum Gasteiger partial charge on any atom is 0.0479 e. The molecule has 0 unspecified atom stereocenters. The minimum absolute atomic E-state index is 0.364. The third-order valence-electron chi connectivity index (χ3n) is 2.24. The quantitative estimate of drug-likeness (QED) is 0.650. The lowest BCUT2D eigenvalue weighted by Gasteiger charge is -2.00. The van der Waals surface area contributed by atoms with Crippen molar-refractivity contribution in [1.82, 2.24) is 4.98 Å². The minimum atomic E-state index is 0.364. The number of pyridine rings is 1. The number of nitrogens with two attached hydrogens (primary N) is 1. The Morgan fingerprint density at radius 1 is 1.64 bits per heavy atom. The summed E-state index contributed by atoms with van der Waals surface area (Å²) in [5.41, 5.74) is 8.19. The Hall–Kier alpha value is -0.890. The molecule has 0 saturated heterocycles. The normalized spacial score (nSPS) is 28.5. The summed E-state index contributed by atoms with van der Waals surface area (Å²) >= 11 is 0. The Morgan fingerprint density at radius 2 is 2.36 bits per heavy atom. The van der Waals surface area contributed by atoms with E-state index in [4.69, 9.17) is 5.73 Å². The molecule has 1 aliphatic rings. The van der Waals surface area contributed by atoms with Gasteiger partial charge in [0.2, 0.25) is 0 Å². The Balaban J connectivity index is 2.31. The molecule has 2 rings (SSSR count). The van der Waals surface area contributed by atoms with Crippen LogP contribution < -0.4 is 5.73 Å². The van der Waals surface area contributed by atoms with Crippen molar-refractivity contribution in [3.8, 4) is 0 Å². The lowest BCUT2D eigenvalue weighted by molar-refractivity contribution is 0.930. The van der Waals surface area contributed by atoms with Gasteiger partial charge >= 0.3 is 0 Å². The van der Waals surface area contributed by atoms with Crippen molar-refractivity contribution < 1.29 is 0 Å². The Kier molecular flexibility index (Phi) is 1.43. The fraction of sp³-hybridized carbons (Fsp3) is 0.444.